The van der Waals surface area contributed by atoms with Crippen LogP contribution in [0.1, 0.15) is 0 Å². The maximum absolute atomic E-state index is 12.8. The van der Waals surface area contributed by atoms with Gasteiger partial charge >= 0.3 is 0 Å². The number of alkyl halides is 4. The van der Waals surface area contributed by atoms with Crippen molar-refractivity contribution in [2.24, 2.45) is 23.7 Å². The van der Waals surface area contributed by atoms with E-state index in [1.807, 2.05) is 0 Å². The summed E-state index contributed by atoms with van der Waals surface area (Å²) in [6, 6.07) is 0. The molecule has 0 spiro atoms. The molecular formula is C16H11Cl6NO4. The number of halogens is 6. The summed E-state index contributed by atoms with van der Waals surface area (Å²) < 4.78 is 4.30. The molecule has 8 atom stereocenters. The lowest BCUT2D eigenvalue weighted by Gasteiger charge is -2.39. The Labute approximate surface area is 184 Å². The largest absolute Gasteiger partial charge is 0.373 e. The highest BCUT2D eigenvalue weighted by Crippen LogP contribution is 2.81. The van der Waals surface area contributed by atoms with E-state index in [4.69, 9.17) is 79.2 Å². The molecule has 3 aliphatic heterocycles. The lowest BCUT2D eigenvalue weighted by atomic mass is 9.65. The number of hydrogen-bond donors (Lipinski definition) is 0. The van der Waals surface area contributed by atoms with Crippen molar-refractivity contribution in [3.63, 3.8) is 0 Å². The van der Waals surface area contributed by atoms with Crippen molar-refractivity contribution in [1.82, 2.24) is 5.06 Å². The van der Waals surface area contributed by atoms with Gasteiger partial charge in [-0.15, -0.1) is 29.8 Å². The normalized spacial score (nSPS) is 51.4. The van der Waals surface area contributed by atoms with Crippen molar-refractivity contribution in [3.05, 3.63) is 22.7 Å². The molecule has 5 rings (SSSR count). The number of allylic oxidation sites excluding steroid dienone is 2. The number of amides is 2. The molecule has 0 aromatic rings. The molecular weight excluding hydrogens is 483 g/mol. The zero-order valence-electron chi connectivity index (χ0n) is 13.3. The average molecular weight is 494 g/mol. The van der Waals surface area contributed by atoms with Crippen LogP contribution >= 0.6 is 69.6 Å². The highest BCUT2D eigenvalue weighted by atomic mass is 35.5. The molecule has 146 valence electrons. The molecule has 1 saturated carbocycles. The van der Waals surface area contributed by atoms with E-state index in [9.17, 15) is 9.59 Å². The van der Waals surface area contributed by atoms with E-state index in [1.165, 1.54) is 6.08 Å². The first-order chi connectivity index (χ1) is 12.6. The number of imide groups is 1. The van der Waals surface area contributed by atoms with Gasteiger partial charge in [0.05, 0.1) is 40.7 Å². The lowest BCUT2D eigenvalue weighted by Crippen LogP contribution is -2.50. The Morgan fingerprint density at radius 3 is 1.85 bits per heavy atom. The quantitative estimate of drug-likeness (QED) is 0.343. The van der Waals surface area contributed by atoms with Crippen molar-refractivity contribution in [2.45, 2.75) is 26.3 Å². The number of nitrogens with zero attached hydrogens (tertiary/aromatic N) is 1. The molecule has 0 N–H and O–H groups in total. The Kier molecular flexibility index (Phi) is 3.92. The smallest absolute Gasteiger partial charge is 0.260 e. The van der Waals surface area contributed by atoms with E-state index in [1.54, 1.807) is 0 Å². The molecule has 3 heterocycles. The molecule has 0 aromatic carbocycles. The van der Waals surface area contributed by atoms with Crippen molar-refractivity contribution >= 4 is 81.4 Å². The fraction of sp³-hybridized carbons (Fsp3) is 0.625. The minimum atomic E-state index is -1.73. The lowest BCUT2D eigenvalue weighted by molar-refractivity contribution is -0.189. The fourth-order valence-corrected chi connectivity index (χ4v) is 8.59. The maximum Gasteiger partial charge on any atom is 0.260 e. The van der Waals surface area contributed by atoms with Gasteiger partial charge in [-0.2, -0.15) is 5.06 Å². The highest BCUT2D eigenvalue weighted by molar-refractivity contribution is 6.65. The molecule has 27 heavy (non-hydrogen) atoms. The second kappa shape index (κ2) is 5.50. The third-order valence-corrected chi connectivity index (χ3v) is 10.8. The van der Waals surface area contributed by atoms with E-state index in [0.717, 1.165) is 5.06 Å². The van der Waals surface area contributed by atoms with Gasteiger partial charge in [-0.1, -0.05) is 52.5 Å². The fourth-order valence-electron chi connectivity index (χ4n) is 5.52. The molecule has 0 aromatic heterocycles. The third kappa shape index (κ3) is 1.74. The first-order valence-electron chi connectivity index (χ1n) is 8.15. The number of ether oxygens (including phenoxy) is 1. The predicted molar refractivity (Wildman–Crippen MR) is 101 cm³/mol. The predicted octanol–water partition coefficient (Wildman–Crippen LogP) is 3.56. The van der Waals surface area contributed by atoms with Gasteiger partial charge in [-0.3, -0.25) is 14.4 Å². The van der Waals surface area contributed by atoms with Crippen LogP contribution in [0.25, 0.3) is 0 Å². The second-order valence-electron chi connectivity index (χ2n) is 7.35. The molecule has 2 aliphatic carbocycles. The van der Waals surface area contributed by atoms with Crippen LogP contribution in [0.3, 0.4) is 0 Å². The summed E-state index contributed by atoms with van der Waals surface area (Å²) in [6.07, 6.45) is -0.0192. The van der Waals surface area contributed by atoms with Crippen LogP contribution in [0.5, 0.6) is 0 Å². The minimum absolute atomic E-state index is 0.0184. The third-order valence-electron chi connectivity index (χ3n) is 6.46. The standard InChI is InChI=1S/C16H11Cl6NO4/c1-2-3-26-23-12(24)4-5(13(23)25)9-7-6(8(4)27-9)14(19)10(17)11(18)15(7,20)16(14,21)22/h2,4-9H,1,3H2/t4-,5+,6-,7-,8+,9-,14-,15-/m1/s1. The van der Waals surface area contributed by atoms with E-state index in [0.29, 0.717) is 0 Å². The Hall–Kier alpha value is 0.280. The second-order valence-corrected chi connectivity index (χ2v) is 10.6. The summed E-state index contributed by atoms with van der Waals surface area (Å²) in [4.78, 5) is 27.9. The van der Waals surface area contributed by atoms with Crippen LogP contribution in [-0.4, -0.2) is 49.8 Å². The molecule has 5 nitrogen and oxygen atoms in total. The van der Waals surface area contributed by atoms with E-state index >= 15 is 0 Å². The molecule has 4 bridgehead atoms. The first-order valence-corrected chi connectivity index (χ1v) is 10.4. The van der Waals surface area contributed by atoms with Crippen molar-refractivity contribution in [1.29, 1.82) is 0 Å². The topological polar surface area (TPSA) is 55.8 Å². The molecule has 3 saturated heterocycles. The number of hydrogen-bond acceptors (Lipinski definition) is 4. The molecule has 0 radical (unpaired) electrons. The number of carbonyl (C=O) groups excluding carboxylic acids is 2. The summed E-state index contributed by atoms with van der Waals surface area (Å²) >= 11 is 39.7. The summed E-state index contributed by atoms with van der Waals surface area (Å²) in [5, 5.41) is 0.878. The van der Waals surface area contributed by atoms with Crippen LogP contribution in [0.4, 0.5) is 0 Å². The molecule has 0 unspecified atom stereocenters. The summed E-state index contributed by atoms with van der Waals surface area (Å²) in [5.74, 6) is -3.68. The van der Waals surface area contributed by atoms with E-state index in [-0.39, 0.29) is 16.7 Å². The average Bonchev–Trinajstić information content (AvgIpc) is 3.31. The molecule has 11 heteroatoms. The van der Waals surface area contributed by atoms with Gasteiger partial charge in [0, 0.05) is 11.8 Å². The first kappa shape index (κ1) is 19.3. The van der Waals surface area contributed by atoms with Crippen molar-refractivity contribution in [3.8, 4) is 0 Å². The maximum atomic E-state index is 12.8. The van der Waals surface area contributed by atoms with Gasteiger partial charge in [0.1, 0.15) is 9.75 Å². The van der Waals surface area contributed by atoms with Crippen molar-refractivity contribution in [2.75, 3.05) is 6.61 Å². The number of rotatable bonds is 3. The van der Waals surface area contributed by atoms with Crippen LogP contribution in [-0.2, 0) is 19.2 Å². The Bertz CT molecular complexity index is 789. The Morgan fingerprint density at radius 2 is 1.44 bits per heavy atom. The van der Waals surface area contributed by atoms with Gasteiger partial charge < -0.3 is 4.74 Å². The van der Waals surface area contributed by atoms with E-state index in [2.05, 4.69) is 6.58 Å². The van der Waals surface area contributed by atoms with Crippen molar-refractivity contribution < 1.29 is 19.2 Å². The van der Waals surface area contributed by atoms with Crippen LogP contribution < -0.4 is 0 Å². The monoisotopic (exact) mass is 491 g/mol. The number of fused-ring (bicyclic) bond motifs is 12. The van der Waals surface area contributed by atoms with Crippen LogP contribution in [0.15, 0.2) is 22.7 Å². The Morgan fingerprint density at radius 1 is 1.00 bits per heavy atom. The van der Waals surface area contributed by atoms with Gasteiger partial charge in [0.2, 0.25) is 0 Å². The van der Waals surface area contributed by atoms with Crippen LogP contribution in [0, 0.1) is 23.7 Å². The SMILES string of the molecule is C=CCON1C(=O)[C@@H]2[C@H]3O[C@@H]([C@@H]2C1=O)[C@H]1[C@H]3[C@@]2(Cl)C(Cl)=C(Cl)[C@@]1(Cl)C2(Cl)Cl. The number of carbonyl (C=O) groups is 2. The van der Waals surface area contributed by atoms with Gasteiger partial charge in [0.15, 0.2) is 4.33 Å². The zero-order chi connectivity index (χ0) is 19.7. The summed E-state index contributed by atoms with van der Waals surface area (Å²) in [7, 11) is 0. The van der Waals surface area contributed by atoms with Gasteiger partial charge in [0.25, 0.3) is 11.8 Å². The summed E-state index contributed by atoms with van der Waals surface area (Å²) in [5.41, 5.74) is 0. The zero-order valence-corrected chi connectivity index (χ0v) is 17.8. The summed E-state index contributed by atoms with van der Waals surface area (Å²) in [6.45, 7) is 3.53. The molecule has 4 fully saturated rings. The van der Waals surface area contributed by atoms with Crippen LogP contribution in [0.2, 0.25) is 0 Å². The highest BCUT2D eigenvalue weighted by Gasteiger charge is 2.90. The van der Waals surface area contributed by atoms with Gasteiger partial charge in [-0.25, -0.2) is 0 Å². The van der Waals surface area contributed by atoms with E-state index < -0.39 is 61.8 Å². The molecule has 5 aliphatic rings. The molecule has 2 amide bonds. The minimum Gasteiger partial charge on any atom is -0.373 e. The number of hydroxylamine groups is 2. The Balaban J connectivity index is 1.62. The van der Waals surface area contributed by atoms with Gasteiger partial charge in [-0.05, 0) is 0 Å².